The molecule has 1 saturated heterocycles. The summed E-state index contributed by atoms with van der Waals surface area (Å²) in [4.78, 5) is 26.9. The molecule has 1 aromatic rings. The normalized spacial score (nSPS) is 29.3. The molecule has 1 saturated carbocycles. The summed E-state index contributed by atoms with van der Waals surface area (Å²) in [5.41, 5.74) is 0.443. The molecule has 1 amide bonds. The summed E-state index contributed by atoms with van der Waals surface area (Å²) in [5.74, 6) is -2.50. The van der Waals surface area contributed by atoms with E-state index < -0.39 is 55.7 Å². The second kappa shape index (κ2) is 10.6. The first-order valence-corrected chi connectivity index (χ1v) is 12.3. The third-order valence-electron chi connectivity index (χ3n) is 5.66. The molecular weight excluding hydrogens is 521 g/mol. The van der Waals surface area contributed by atoms with Gasteiger partial charge in [-0.25, -0.2) is 0 Å². The Hall–Kier alpha value is -1.89. The van der Waals surface area contributed by atoms with Crippen molar-refractivity contribution in [2.75, 3.05) is 13.1 Å². The summed E-state index contributed by atoms with van der Waals surface area (Å²) in [6.07, 6.45) is 0.617. The summed E-state index contributed by atoms with van der Waals surface area (Å²) in [5, 5.41) is 42.0. The van der Waals surface area contributed by atoms with Gasteiger partial charge < -0.3 is 0 Å². The Balaban J connectivity index is 1.73. The Morgan fingerprint density at radius 1 is 1.16 bits per heavy atom. The number of carbonyl (C=O) groups is 2. The van der Waals surface area contributed by atoms with Gasteiger partial charge in [0.2, 0.25) is 0 Å². The molecule has 5 atom stereocenters. The van der Waals surface area contributed by atoms with Gasteiger partial charge in [0, 0.05) is 0 Å². The molecule has 0 aromatic heterocycles. The first kappa shape index (κ1) is 23.8. The van der Waals surface area contributed by atoms with Crippen molar-refractivity contribution in [2.45, 2.75) is 47.9 Å². The van der Waals surface area contributed by atoms with E-state index in [1.54, 1.807) is 4.90 Å². The first-order valence-electron chi connectivity index (χ1n) is 10.1. The molecule has 0 spiro atoms. The van der Waals surface area contributed by atoms with Crippen LogP contribution >= 0.6 is 0 Å². The van der Waals surface area contributed by atoms with E-state index in [-0.39, 0.29) is 30.2 Å². The van der Waals surface area contributed by atoms with E-state index in [0.717, 1.165) is 18.9 Å². The van der Waals surface area contributed by atoms with E-state index in [2.05, 4.69) is 0 Å². The number of ether oxygens (including phenoxy) is 1. The van der Waals surface area contributed by atoms with Crippen molar-refractivity contribution in [3.8, 4) is 11.5 Å². The topological polar surface area (TPSA) is 151 Å². The van der Waals surface area contributed by atoms with Crippen molar-refractivity contribution in [1.82, 2.24) is 4.90 Å². The van der Waals surface area contributed by atoms with Crippen LogP contribution in [0, 0.1) is 5.92 Å². The van der Waals surface area contributed by atoms with Crippen molar-refractivity contribution in [2.24, 2.45) is 5.92 Å². The number of halogens is 1. The van der Waals surface area contributed by atoms with Crippen LogP contribution in [0.2, 0.25) is 0 Å². The Morgan fingerprint density at radius 3 is 2.52 bits per heavy atom. The van der Waals surface area contributed by atoms with Gasteiger partial charge in [-0.1, -0.05) is 0 Å². The van der Waals surface area contributed by atoms with Gasteiger partial charge in [0.05, 0.1) is 0 Å². The molecule has 2 fully saturated rings. The fraction of sp³-hybridized carbons (Fsp3) is 0.524. The van der Waals surface area contributed by atoms with Crippen molar-refractivity contribution in [1.29, 1.82) is 0 Å². The fourth-order valence-electron chi connectivity index (χ4n) is 3.98. The van der Waals surface area contributed by atoms with Gasteiger partial charge in [-0.15, -0.1) is 0 Å². The third-order valence-corrected chi connectivity index (χ3v) is 7.91. The van der Waals surface area contributed by atoms with Crippen LogP contribution in [-0.2, 0) is 14.3 Å². The quantitative estimate of drug-likeness (QED) is 0.0742. The molecular formula is C21H26INO8-2. The van der Waals surface area contributed by atoms with Gasteiger partial charge in [0.15, 0.2) is 0 Å². The Kier molecular flexibility index (Phi) is 8.14. The number of hydrogen-bond acceptors (Lipinski definition) is 8. The Labute approximate surface area is 190 Å². The number of nitrogens with zero attached hydrogens (tertiary/aromatic N) is 1. The minimum absolute atomic E-state index is 0.0141. The second-order valence-electron chi connectivity index (χ2n) is 7.81. The van der Waals surface area contributed by atoms with Gasteiger partial charge in [0.25, 0.3) is 0 Å². The number of phenols is 2. The molecule has 1 aromatic carbocycles. The van der Waals surface area contributed by atoms with Crippen LogP contribution < -0.4 is 26.7 Å². The zero-order chi connectivity index (χ0) is 22.5. The van der Waals surface area contributed by atoms with Crippen molar-refractivity contribution in [3.05, 3.63) is 29.8 Å². The number of hydrogen-bond donors (Lipinski definition) is 4. The summed E-state index contributed by atoms with van der Waals surface area (Å²) in [7, 11) is 0. The molecule has 1 aliphatic carbocycles. The van der Waals surface area contributed by atoms with Gasteiger partial charge in [-0.2, -0.15) is 0 Å². The number of alkyl halides is 1. The van der Waals surface area contributed by atoms with E-state index in [4.69, 9.17) is 4.74 Å². The van der Waals surface area contributed by atoms with E-state index in [9.17, 15) is 33.5 Å². The van der Waals surface area contributed by atoms with E-state index in [1.807, 2.05) is 0 Å². The number of aliphatic hydroxyl groups is 1. The molecule has 1 aliphatic heterocycles. The van der Waals surface area contributed by atoms with E-state index in [1.165, 1.54) is 24.3 Å². The van der Waals surface area contributed by atoms with Crippen LogP contribution in [0.1, 0.15) is 31.2 Å². The monoisotopic (exact) mass is 547 g/mol. The number of esters is 1. The van der Waals surface area contributed by atoms with E-state index in [0.29, 0.717) is 18.7 Å². The van der Waals surface area contributed by atoms with Crippen LogP contribution in [0.15, 0.2) is 24.3 Å². The summed E-state index contributed by atoms with van der Waals surface area (Å²) in [6, 6.07) is 4.03. The fourth-order valence-corrected chi connectivity index (χ4v) is 5.43. The molecule has 10 heteroatoms. The van der Waals surface area contributed by atoms with Crippen LogP contribution in [0.4, 0.5) is 0 Å². The number of phenolic OH excluding ortho intramolecular Hbond substituents is 2. The molecule has 172 valence electrons. The van der Waals surface area contributed by atoms with Crippen molar-refractivity contribution < 1.29 is 59.8 Å². The average Bonchev–Trinajstić information content (AvgIpc) is 3.23. The minimum atomic E-state index is -1.59. The van der Waals surface area contributed by atoms with Crippen molar-refractivity contribution >= 4 is 18.0 Å². The SMILES string of the molecule is O=C(/C=C/c1ccc(O)c(O)c1)O[C@@H]1CC(C(=O)N2CCCC2)C(O)CC([O-])C1[I-]O. The summed E-state index contributed by atoms with van der Waals surface area (Å²) < 4.78 is 14.5. The predicted molar refractivity (Wildman–Crippen MR) is 103 cm³/mol. The second-order valence-corrected chi connectivity index (χ2v) is 9.81. The molecule has 2 aliphatic rings. The molecule has 0 radical (unpaired) electrons. The van der Waals surface area contributed by atoms with Crippen LogP contribution in [-0.4, -0.2) is 70.9 Å². The molecule has 4 N–H and O–H groups in total. The molecule has 9 nitrogen and oxygen atoms in total. The summed E-state index contributed by atoms with van der Waals surface area (Å²) in [6.45, 7) is 1.21. The summed E-state index contributed by atoms with van der Waals surface area (Å²) >= 11 is -1.59. The molecule has 1 heterocycles. The Morgan fingerprint density at radius 2 is 1.87 bits per heavy atom. The number of rotatable bonds is 5. The van der Waals surface area contributed by atoms with Gasteiger partial charge in [0.1, 0.15) is 0 Å². The van der Waals surface area contributed by atoms with Gasteiger partial charge in [-0.3, -0.25) is 0 Å². The van der Waals surface area contributed by atoms with Gasteiger partial charge >= 0.3 is 191 Å². The zero-order valence-electron chi connectivity index (χ0n) is 16.8. The first-order chi connectivity index (χ1) is 14.8. The number of aromatic hydroxyl groups is 2. The van der Waals surface area contributed by atoms with E-state index >= 15 is 0 Å². The number of amides is 1. The van der Waals surface area contributed by atoms with Crippen LogP contribution in [0.5, 0.6) is 11.5 Å². The molecule has 0 bridgehead atoms. The van der Waals surface area contributed by atoms with Crippen molar-refractivity contribution in [3.63, 3.8) is 0 Å². The molecule has 3 rings (SSSR count). The third kappa shape index (κ3) is 5.88. The van der Waals surface area contributed by atoms with Crippen LogP contribution in [0.3, 0.4) is 0 Å². The number of carbonyl (C=O) groups excluding carboxylic acids is 2. The van der Waals surface area contributed by atoms with Crippen LogP contribution in [0.25, 0.3) is 6.08 Å². The standard InChI is InChI=1S/C21H26INO8/c24-14-5-3-12(9-16(14)26)4-6-19(28)31-18-10-13(21(29)23-7-1-2-8-23)15(25)11-17(27)20(18)22-30/h3-6,9,13,15,17-18,20,24-26,30H,1-2,7-8,10-11H2/q-2/b6-4+/t13?,15?,17?,18-,20?/m1/s1. The number of likely N-dealkylation sites (tertiary alicyclic amines) is 1. The molecule has 4 unspecified atom stereocenters. The maximum atomic E-state index is 12.9. The zero-order valence-corrected chi connectivity index (χ0v) is 18.9. The Bertz CT molecular complexity index is 826. The molecule has 31 heavy (non-hydrogen) atoms. The average molecular weight is 547 g/mol. The number of aliphatic hydroxyl groups excluding tert-OH is 1. The number of benzene rings is 1. The van der Waals surface area contributed by atoms with Gasteiger partial charge in [-0.05, 0) is 0 Å². The maximum absolute atomic E-state index is 12.9. The predicted octanol–water partition coefficient (Wildman–Crippen LogP) is -3.49.